The van der Waals surface area contributed by atoms with Gasteiger partial charge in [0.1, 0.15) is 0 Å². The zero-order valence-electron chi connectivity index (χ0n) is 14.8. The van der Waals surface area contributed by atoms with Crippen LogP contribution in [0.25, 0.3) is 0 Å². The second-order valence-electron chi connectivity index (χ2n) is 6.07. The Morgan fingerprint density at radius 1 is 1.28 bits per heavy atom. The number of aryl methyl sites for hydroxylation is 1. The fourth-order valence-corrected chi connectivity index (χ4v) is 2.98. The van der Waals surface area contributed by atoms with Crippen molar-refractivity contribution < 1.29 is 13.2 Å². The van der Waals surface area contributed by atoms with Crippen molar-refractivity contribution in [2.24, 2.45) is 4.36 Å². The number of thiocarbonyl (C=S) groups is 1. The van der Waals surface area contributed by atoms with E-state index in [1.165, 1.54) is 5.56 Å². The minimum absolute atomic E-state index is 0.0989. The first kappa shape index (κ1) is 21.2. The third-order valence-electron chi connectivity index (χ3n) is 3.78. The van der Waals surface area contributed by atoms with Crippen molar-refractivity contribution in [1.82, 2.24) is 10.6 Å². The highest BCUT2D eigenvalue weighted by atomic mass is 32.2. The van der Waals surface area contributed by atoms with Gasteiger partial charge in [0.05, 0.1) is 12.0 Å². The second kappa shape index (κ2) is 10.2. The Morgan fingerprint density at radius 2 is 1.88 bits per heavy atom. The number of rotatable bonds is 5. The third-order valence-corrected chi connectivity index (χ3v) is 4.62. The fourth-order valence-electron chi connectivity index (χ4n) is 2.28. The van der Waals surface area contributed by atoms with Crippen molar-refractivity contribution in [3.05, 3.63) is 35.4 Å². The van der Waals surface area contributed by atoms with Gasteiger partial charge in [0.15, 0.2) is 5.11 Å². The molecule has 2 N–H and O–H groups in total. The monoisotopic (exact) mass is 383 g/mol. The van der Waals surface area contributed by atoms with Gasteiger partial charge in [0.2, 0.25) is 5.91 Å². The number of nitrogens with one attached hydrogen (secondary N) is 2. The lowest BCUT2D eigenvalue weighted by Crippen LogP contribution is -2.37. The van der Waals surface area contributed by atoms with E-state index in [-0.39, 0.29) is 11.4 Å². The number of carbonyl (C=O) groups excluding carboxylic acids is 1. The predicted octanol–water partition coefficient (Wildman–Crippen LogP) is 2.54. The van der Waals surface area contributed by atoms with E-state index in [1.807, 2.05) is 38.1 Å². The van der Waals surface area contributed by atoms with Crippen LogP contribution in [0.3, 0.4) is 0 Å². The van der Waals surface area contributed by atoms with Gasteiger partial charge in [0, 0.05) is 7.05 Å². The molecule has 0 atom stereocenters. The number of benzene rings is 1. The zero-order chi connectivity index (χ0) is 18.9. The standard InChI is InChI=1S/C11H14N2OS.C6H11NO2S/c1-8-3-5-9(6-4-8)7-10(14)13-11(15)12-2;1-2-3-6(4-5-6)7-10(8)9/h3-6H,7H2,1-2H3,(H2,12,13,14,15);2-5H2,1H3. The lowest BCUT2D eigenvalue weighted by molar-refractivity contribution is -0.119. The molecule has 1 aliphatic carbocycles. The first-order valence-electron chi connectivity index (χ1n) is 8.19. The maximum absolute atomic E-state index is 11.4. The SMILES string of the molecule is CCCC1(N=S(=O)=O)CC1.CNC(=S)NC(=O)Cc1ccc(C)cc1. The maximum Gasteiger partial charge on any atom is 0.311 e. The van der Waals surface area contributed by atoms with Gasteiger partial charge >= 0.3 is 10.5 Å². The minimum atomic E-state index is -2.20. The molecule has 1 saturated carbocycles. The number of hydrogen-bond donors (Lipinski definition) is 2. The molecule has 0 heterocycles. The summed E-state index contributed by atoms with van der Waals surface area (Å²) in [5.74, 6) is -0.0989. The highest BCUT2D eigenvalue weighted by molar-refractivity contribution is 7.80. The minimum Gasteiger partial charge on any atom is -0.365 e. The first-order chi connectivity index (χ1) is 11.8. The normalized spacial score (nSPS) is 13.7. The van der Waals surface area contributed by atoms with Gasteiger partial charge in [-0.25, -0.2) is 0 Å². The molecule has 0 bridgehead atoms. The molecule has 1 amide bonds. The molecule has 6 nitrogen and oxygen atoms in total. The molecule has 0 unspecified atom stereocenters. The first-order valence-corrected chi connectivity index (χ1v) is 9.63. The van der Waals surface area contributed by atoms with E-state index < -0.39 is 10.5 Å². The van der Waals surface area contributed by atoms with Crippen molar-refractivity contribution >= 4 is 33.7 Å². The van der Waals surface area contributed by atoms with Gasteiger partial charge in [-0.05, 0) is 44.0 Å². The topological polar surface area (TPSA) is 87.6 Å². The van der Waals surface area contributed by atoms with Crippen LogP contribution in [0.2, 0.25) is 0 Å². The van der Waals surface area contributed by atoms with Gasteiger partial charge < -0.3 is 10.6 Å². The Balaban J connectivity index is 0.000000271. The molecular weight excluding hydrogens is 358 g/mol. The summed E-state index contributed by atoms with van der Waals surface area (Å²) in [7, 11) is -0.524. The fraction of sp³-hybridized carbons (Fsp3) is 0.529. The van der Waals surface area contributed by atoms with Gasteiger partial charge in [-0.3, -0.25) is 4.79 Å². The highest BCUT2D eigenvalue weighted by Gasteiger charge is 2.42. The van der Waals surface area contributed by atoms with Crippen molar-refractivity contribution in [2.45, 2.75) is 51.5 Å². The van der Waals surface area contributed by atoms with E-state index in [0.29, 0.717) is 11.5 Å². The van der Waals surface area contributed by atoms with Crippen LogP contribution in [-0.4, -0.2) is 32.0 Å². The summed E-state index contributed by atoms with van der Waals surface area (Å²) in [5, 5.41) is 5.62. The van der Waals surface area contributed by atoms with Gasteiger partial charge in [0.25, 0.3) is 0 Å². The van der Waals surface area contributed by atoms with Crippen LogP contribution in [0.15, 0.2) is 28.6 Å². The number of amides is 1. The third kappa shape index (κ3) is 8.74. The summed E-state index contributed by atoms with van der Waals surface area (Å²) in [5.41, 5.74) is 2.00. The van der Waals surface area contributed by atoms with Crippen molar-refractivity contribution in [1.29, 1.82) is 0 Å². The molecular formula is C17H25N3O3S2. The summed E-state index contributed by atoms with van der Waals surface area (Å²) in [6.07, 6.45) is 4.19. The van der Waals surface area contributed by atoms with Crippen LogP contribution in [-0.2, 0) is 21.7 Å². The second-order valence-corrected chi connectivity index (χ2v) is 7.10. The lowest BCUT2D eigenvalue weighted by Gasteiger charge is -2.05. The van der Waals surface area contributed by atoms with Gasteiger partial charge in [-0.2, -0.15) is 12.8 Å². The molecule has 8 heteroatoms. The predicted molar refractivity (Wildman–Crippen MR) is 103 cm³/mol. The molecule has 0 aliphatic heterocycles. The molecule has 25 heavy (non-hydrogen) atoms. The number of hydrogen-bond acceptors (Lipinski definition) is 5. The molecule has 1 aromatic carbocycles. The van der Waals surface area contributed by atoms with E-state index in [1.54, 1.807) is 7.05 Å². The largest absolute Gasteiger partial charge is 0.365 e. The average Bonchev–Trinajstić information content (AvgIpc) is 3.28. The Bertz CT molecular complexity index is 716. The van der Waals surface area contributed by atoms with E-state index in [0.717, 1.165) is 31.2 Å². The summed E-state index contributed by atoms with van der Waals surface area (Å²) in [4.78, 5) is 11.4. The van der Waals surface area contributed by atoms with E-state index in [4.69, 9.17) is 12.2 Å². The maximum atomic E-state index is 11.4. The molecule has 1 fully saturated rings. The van der Waals surface area contributed by atoms with Crippen molar-refractivity contribution in [3.63, 3.8) is 0 Å². The average molecular weight is 384 g/mol. The van der Waals surface area contributed by atoms with Crippen molar-refractivity contribution in [3.8, 4) is 0 Å². The smallest absolute Gasteiger partial charge is 0.311 e. The number of nitrogens with zero attached hydrogens (tertiary/aromatic N) is 1. The summed E-state index contributed by atoms with van der Waals surface area (Å²) >= 11 is 4.83. The summed E-state index contributed by atoms with van der Waals surface area (Å²) < 4.78 is 24.0. The molecule has 0 saturated heterocycles. The molecule has 0 aromatic heterocycles. The lowest BCUT2D eigenvalue weighted by atomic mass is 10.1. The molecule has 2 rings (SSSR count). The molecule has 1 aliphatic rings. The van der Waals surface area contributed by atoms with E-state index in [9.17, 15) is 13.2 Å². The highest BCUT2D eigenvalue weighted by Crippen LogP contribution is 2.43. The van der Waals surface area contributed by atoms with Crippen LogP contribution in [0, 0.1) is 6.92 Å². The zero-order valence-corrected chi connectivity index (χ0v) is 16.5. The Morgan fingerprint density at radius 3 is 2.32 bits per heavy atom. The van der Waals surface area contributed by atoms with Crippen molar-refractivity contribution in [2.75, 3.05) is 7.05 Å². The molecule has 1 aromatic rings. The van der Waals surface area contributed by atoms with Crippen LogP contribution < -0.4 is 10.6 Å². The quantitative estimate of drug-likeness (QED) is 0.763. The van der Waals surface area contributed by atoms with Crippen LogP contribution in [0.5, 0.6) is 0 Å². The molecule has 0 spiro atoms. The number of carbonyl (C=O) groups is 1. The molecule has 138 valence electrons. The summed E-state index contributed by atoms with van der Waals surface area (Å²) in [6.45, 7) is 4.06. The van der Waals surface area contributed by atoms with E-state index in [2.05, 4.69) is 15.0 Å². The Kier molecular flexibility index (Phi) is 8.71. The van der Waals surface area contributed by atoms with Crippen LogP contribution >= 0.6 is 12.2 Å². The van der Waals surface area contributed by atoms with Gasteiger partial charge in [-0.1, -0.05) is 43.2 Å². The summed E-state index contributed by atoms with van der Waals surface area (Å²) in [6, 6.07) is 7.85. The Hall–Kier alpha value is -1.80. The molecule has 0 radical (unpaired) electrons. The van der Waals surface area contributed by atoms with E-state index >= 15 is 0 Å². The van der Waals surface area contributed by atoms with Crippen LogP contribution in [0.1, 0.15) is 43.7 Å². The van der Waals surface area contributed by atoms with Crippen LogP contribution in [0.4, 0.5) is 0 Å². The van der Waals surface area contributed by atoms with Gasteiger partial charge in [-0.15, -0.1) is 0 Å². The Labute approximate surface area is 156 Å².